The molecule has 9 heteroatoms. The molecule has 0 radical (unpaired) electrons. The van der Waals surface area contributed by atoms with Crippen molar-refractivity contribution in [1.29, 1.82) is 0 Å². The second kappa shape index (κ2) is 7.77. The zero-order chi connectivity index (χ0) is 21.4. The predicted molar refractivity (Wildman–Crippen MR) is 116 cm³/mol. The van der Waals surface area contributed by atoms with Gasteiger partial charge in [0.2, 0.25) is 11.9 Å². The first kappa shape index (κ1) is 19.1. The van der Waals surface area contributed by atoms with Gasteiger partial charge in [-0.05, 0) is 48.4 Å². The molecule has 4 aromatic rings. The highest BCUT2D eigenvalue weighted by Gasteiger charge is 2.18. The number of halogens is 1. The molecule has 156 valence electrons. The fraction of sp³-hybridized carbons (Fsp3) is 0.182. The van der Waals surface area contributed by atoms with E-state index in [1.54, 1.807) is 12.1 Å². The molecule has 31 heavy (non-hydrogen) atoms. The molecule has 8 nitrogen and oxygen atoms in total. The Bertz CT molecular complexity index is 1360. The lowest BCUT2D eigenvalue weighted by molar-refractivity contribution is 0.556. The molecule has 5 rings (SSSR count). The van der Waals surface area contributed by atoms with Crippen molar-refractivity contribution in [2.75, 3.05) is 11.9 Å². The second-order valence-electron chi connectivity index (χ2n) is 7.27. The number of fused-ring (bicyclic) bond motifs is 2. The summed E-state index contributed by atoms with van der Waals surface area (Å²) in [6, 6.07) is 10.6. The van der Waals surface area contributed by atoms with Gasteiger partial charge in [-0.1, -0.05) is 18.2 Å². The average Bonchev–Trinajstić information content (AvgIpc) is 3.05. The number of nitrogens with zero attached hydrogens (tertiary/aromatic N) is 5. The summed E-state index contributed by atoms with van der Waals surface area (Å²) in [6.07, 6.45) is 4.06. The number of hydrogen-bond acceptors (Lipinski definition) is 6. The van der Waals surface area contributed by atoms with Crippen molar-refractivity contribution in [3.63, 3.8) is 0 Å². The summed E-state index contributed by atoms with van der Waals surface area (Å²) < 4.78 is 16.7. The Balaban J connectivity index is 1.61. The van der Waals surface area contributed by atoms with E-state index in [0.717, 1.165) is 25.2 Å². The zero-order valence-corrected chi connectivity index (χ0v) is 16.7. The van der Waals surface area contributed by atoms with Crippen molar-refractivity contribution in [3.8, 4) is 5.82 Å². The SMILES string of the molecule is C=CCn1c(=O)c2cnc(Nc3ccc4c(c3)CNCC4)nc2n1-c1cccc(F)n1. The van der Waals surface area contributed by atoms with E-state index in [0.29, 0.717) is 17.0 Å². The summed E-state index contributed by atoms with van der Waals surface area (Å²) in [5.41, 5.74) is 3.45. The Kier molecular flexibility index (Phi) is 4.79. The lowest BCUT2D eigenvalue weighted by Crippen LogP contribution is -2.23. The number of benzene rings is 1. The molecule has 1 aliphatic heterocycles. The highest BCUT2D eigenvalue weighted by Crippen LogP contribution is 2.22. The van der Waals surface area contributed by atoms with Gasteiger partial charge < -0.3 is 10.6 Å². The number of nitrogens with one attached hydrogen (secondary N) is 2. The largest absolute Gasteiger partial charge is 0.324 e. The average molecular weight is 417 g/mol. The summed E-state index contributed by atoms with van der Waals surface area (Å²) in [6.45, 7) is 5.72. The van der Waals surface area contributed by atoms with Gasteiger partial charge in [0.05, 0.1) is 6.54 Å². The summed E-state index contributed by atoms with van der Waals surface area (Å²) in [4.78, 5) is 25.7. The standard InChI is InChI=1S/C22H20FN7O/c1-2-10-29-21(31)17-13-25-22(26-16-7-6-14-8-9-24-12-15(14)11-16)28-20(17)30(29)19-5-3-4-18(23)27-19/h2-7,11,13,24H,1,8-10,12H2,(H,25,26,28). The molecule has 0 saturated carbocycles. The van der Waals surface area contributed by atoms with Crippen LogP contribution in [0.3, 0.4) is 0 Å². The summed E-state index contributed by atoms with van der Waals surface area (Å²) >= 11 is 0. The van der Waals surface area contributed by atoms with E-state index >= 15 is 0 Å². The van der Waals surface area contributed by atoms with Crippen LogP contribution in [0.5, 0.6) is 0 Å². The molecule has 1 aromatic carbocycles. The third-order valence-corrected chi connectivity index (χ3v) is 5.24. The van der Waals surface area contributed by atoms with Crippen molar-refractivity contribution >= 4 is 22.7 Å². The fourth-order valence-corrected chi connectivity index (χ4v) is 3.81. The Morgan fingerprint density at radius 1 is 1.23 bits per heavy atom. The molecular weight excluding hydrogens is 397 g/mol. The maximum absolute atomic E-state index is 13.8. The van der Waals surface area contributed by atoms with Gasteiger partial charge in [0, 0.05) is 18.4 Å². The minimum Gasteiger partial charge on any atom is -0.324 e. The highest BCUT2D eigenvalue weighted by molar-refractivity contribution is 5.77. The number of anilines is 2. The van der Waals surface area contributed by atoms with Gasteiger partial charge in [0.15, 0.2) is 11.5 Å². The second-order valence-corrected chi connectivity index (χ2v) is 7.27. The van der Waals surface area contributed by atoms with Crippen molar-refractivity contribution in [1.82, 2.24) is 29.6 Å². The van der Waals surface area contributed by atoms with Gasteiger partial charge >= 0.3 is 0 Å². The monoisotopic (exact) mass is 417 g/mol. The van der Waals surface area contributed by atoms with E-state index in [1.807, 2.05) is 6.07 Å². The minimum absolute atomic E-state index is 0.216. The quantitative estimate of drug-likeness (QED) is 0.383. The van der Waals surface area contributed by atoms with Crippen LogP contribution in [0.15, 0.2) is 60.0 Å². The first-order valence-electron chi connectivity index (χ1n) is 9.96. The Morgan fingerprint density at radius 2 is 2.13 bits per heavy atom. The van der Waals surface area contributed by atoms with Crippen LogP contribution in [0.2, 0.25) is 0 Å². The van der Waals surface area contributed by atoms with Crippen molar-refractivity contribution in [3.05, 3.63) is 82.7 Å². The van der Waals surface area contributed by atoms with Gasteiger partial charge in [0.1, 0.15) is 5.39 Å². The lowest BCUT2D eigenvalue weighted by Gasteiger charge is -2.18. The molecule has 3 aromatic heterocycles. The molecule has 0 atom stereocenters. The summed E-state index contributed by atoms with van der Waals surface area (Å²) in [5, 5.41) is 6.88. The van der Waals surface area contributed by atoms with Gasteiger partial charge in [-0.3, -0.25) is 4.79 Å². The van der Waals surface area contributed by atoms with Crippen LogP contribution in [0, 0.1) is 5.95 Å². The third-order valence-electron chi connectivity index (χ3n) is 5.24. The Morgan fingerprint density at radius 3 is 2.97 bits per heavy atom. The number of rotatable bonds is 5. The predicted octanol–water partition coefficient (Wildman–Crippen LogP) is 2.69. The molecule has 0 amide bonds. The lowest BCUT2D eigenvalue weighted by atomic mass is 10.0. The van der Waals surface area contributed by atoms with Gasteiger partial charge in [-0.25, -0.2) is 19.3 Å². The Hall–Kier alpha value is -3.85. The molecule has 0 spiro atoms. The first-order valence-corrected chi connectivity index (χ1v) is 9.96. The first-order chi connectivity index (χ1) is 15.1. The number of aromatic nitrogens is 5. The molecule has 2 N–H and O–H groups in total. The molecule has 0 bridgehead atoms. The molecule has 4 heterocycles. The van der Waals surface area contributed by atoms with Crippen molar-refractivity contribution in [2.24, 2.45) is 0 Å². The maximum atomic E-state index is 13.8. The van der Waals surface area contributed by atoms with Gasteiger partial charge in [0.25, 0.3) is 5.56 Å². The van der Waals surface area contributed by atoms with E-state index in [2.05, 4.69) is 44.3 Å². The van der Waals surface area contributed by atoms with E-state index in [4.69, 9.17) is 0 Å². The van der Waals surface area contributed by atoms with Gasteiger partial charge in [-0.2, -0.15) is 9.37 Å². The molecule has 1 aliphatic rings. The van der Waals surface area contributed by atoms with Crippen LogP contribution >= 0.6 is 0 Å². The van der Waals surface area contributed by atoms with E-state index in [-0.39, 0.29) is 17.9 Å². The number of hydrogen-bond donors (Lipinski definition) is 2. The van der Waals surface area contributed by atoms with Crippen LogP contribution in [0.4, 0.5) is 16.0 Å². The van der Waals surface area contributed by atoms with Crippen molar-refractivity contribution < 1.29 is 4.39 Å². The number of pyridine rings is 1. The molecule has 0 unspecified atom stereocenters. The topological polar surface area (TPSA) is 89.7 Å². The van der Waals surface area contributed by atoms with Crippen LogP contribution in [0.25, 0.3) is 16.9 Å². The number of allylic oxidation sites excluding steroid dienone is 1. The highest BCUT2D eigenvalue weighted by atomic mass is 19.1. The molecule has 0 fully saturated rings. The summed E-state index contributed by atoms with van der Waals surface area (Å²) in [5.74, 6) is -0.0670. The Labute approximate surface area is 177 Å². The maximum Gasteiger partial charge on any atom is 0.278 e. The normalized spacial score (nSPS) is 13.2. The fourth-order valence-electron chi connectivity index (χ4n) is 3.81. The smallest absolute Gasteiger partial charge is 0.278 e. The summed E-state index contributed by atoms with van der Waals surface area (Å²) in [7, 11) is 0. The molecule has 0 aliphatic carbocycles. The van der Waals surface area contributed by atoms with Crippen LogP contribution in [0.1, 0.15) is 11.1 Å². The van der Waals surface area contributed by atoms with E-state index in [9.17, 15) is 9.18 Å². The van der Waals surface area contributed by atoms with Gasteiger partial charge in [-0.15, -0.1) is 6.58 Å². The van der Waals surface area contributed by atoms with Crippen LogP contribution in [-0.2, 0) is 19.5 Å². The zero-order valence-electron chi connectivity index (χ0n) is 16.7. The van der Waals surface area contributed by atoms with E-state index < -0.39 is 5.95 Å². The molecular formula is C22H20FN7O. The van der Waals surface area contributed by atoms with Crippen LogP contribution in [-0.4, -0.2) is 30.9 Å². The van der Waals surface area contributed by atoms with Crippen molar-refractivity contribution in [2.45, 2.75) is 19.5 Å². The minimum atomic E-state index is -0.646. The van der Waals surface area contributed by atoms with Crippen LogP contribution < -0.4 is 16.2 Å². The van der Waals surface area contributed by atoms with E-state index in [1.165, 1.54) is 38.8 Å². The third kappa shape index (κ3) is 3.49. The molecule has 0 saturated heterocycles.